The molecule has 6 nitrogen and oxygen atoms in total. The second-order valence-corrected chi connectivity index (χ2v) is 8.33. The number of nitrogens with zero attached hydrogens (tertiary/aromatic N) is 5. The number of methoxy groups -OCH3 is 1. The van der Waals surface area contributed by atoms with Crippen molar-refractivity contribution in [1.82, 2.24) is 24.6 Å². The lowest BCUT2D eigenvalue weighted by Gasteiger charge is -2.16. The Kier molecular flexibility index (Phi) is 6.16. The maximum Gasteiger partial charge on any atom is 0.196 e. The van der Waals surface area contributed by atoms with Crippen LogP contribution in [-0.2, 0) is 12.3 Å². The Hall–Kier alpha value is -2.38. The second kappa shape index (κ2) is 8.97. The van der Waals surface area contributed by atoms with E-state index < -0.39 is 0 Å². The molecule has 0 spiro atoms. The Morgan fingerprint density at radius 1 is 1.07 bits per heavy atom. The van der Waals surface area contributed by atoms with Gasteiger partial charge in [0.1, 0.15) is 5.75 Å². The monoisotopic (exact) mass is 409 g/mol. The normalized spacial score (nSPS) is 14.4. The molecule has 1 aliphatic heterocycles. The minimum atomic E-state index is 0.719. The predicted octanol–water partition coefficient (Wildman–Crippen LogP) is 4.18. The zero-order valence-corrected chi connectivity index (χ0v) is 18.1. The first-order valence-electron chi connectivity index (χ1n) is 10.0. The third kappa shape index (κ3) is 4.31. The molecule has 4 rings (SSSR count). The fraction of sp³-hybridized carbons (Fsp3) is 0.409. The van der Waals surface area contributed by atoms with Crippen molar-refractivity contribution in [1.29, 1.82) is 0 Å². The summed E-state index contributed by atoms with van der Waals surface area (Å²) in [6, 6.07) is 10.4. The molecule has 3 heterocycles. The van der Waals surface area contributed by atoms with E-state index in [2.05, 4.69) is 55.8 Å². The second-order valence-electron chi connectivity index (χ2n) is 7.39. The lowest BCUT2D eigenvalue weighted by molar-refractivity contribution is 0.319. The van der Waals surface area contributed by atoms with Crippen LogP contribution in [0.1, 0.15) is 35.5 Å². The van der Waals surface area contributed by atoms with E-state index in [4.69, 9.17) is 4.74 Å². The van der Waals surface area contributed by atoms with Crippen LogP contribution in [0.5, 0.6) is 5.75 Å². The fourth-order valence-electron chi connectivity index (χ4n) is 3.82. The van der Waals surface area contributed by atoms with Crippen LogP contribution in [0.4, 0.5) is 0 Å². The molecule has 1 saturated heterocycles. The van der Waals surface area contributed by atoms with Gasteiger partial charge < -0.3 is 4.74 Å². The summed E-state index contributed by atoms with van der Waals surface area (Å²) in [6.45, 7) is 7.19. The highest BCUT2D eigenvalue weighted by atomic mass is 32.2. The molecule has 1 aromatic carbocycles. The summed E-state index contributed by atoms with van der Waals surface area (Å²) in [6.07, 6.45) is 4.41. The summed E-state index contributed by atoms with van der Waals surface area (Å²) in [7, 11) is 1.71. The van der Waals surface area contributed by atoms with Crippen molar-refractivity contribution >= 4 is 11.8 Å². The van der Waals surface area contributed by atoms with Gasteiger partial charge in [-0.05, 0) is 51.9 Å². The first-order chi connectivity index (χ1) is 14.2. The molecule has 1 fully saturated rings. The van der Waals surface area contributed by atoms with Crippen molar-refractivity contribution in [2.45, 2.75) is 44.1 Å². The molecule has 0 bridgehead atoms. The molecule has 0 unspecified atom stereocenters. The predicted molar refractivity (Wildman–Crippen MR) is 116 cm³/mol. The Bertz CT molecular complexity index is 967. The number of aromatic nitrogens is 4. The molecule has 1 aliphatic rings. The molecule has 29 heavy (non-hydrogen) atoms. The van der Waals surface area contributed by atoms with Crippen molar-refractivity contribution in [2.24, 2.45) is 0 Å². The van der Waals surface area contributed by atoms with Crippen molar-refractivity contribution in [3.8, 4) is 11.4 Å². The molecule has 0 radical (unpaired) electrons. The molecule has 0 N–H and O–H groups in total. The molecular weight excluding hydrogens is 382 g/mol. The molecular formula is C22H27N5OS. The van der Waals surface area contributed by atoms with Crippen molar-refractivity contribution in [3.05, 3.63) is 59.2 Å². The van der Waals surface area contributed by atoms with Gasteiger partial charge in [0, 0.05) is 28.8 Å². The van der Waals surface area contributed by atoms with E-state index in [9.17, 15) is 0 Å². The molecule has 0 saturated carbocycles. The zero-order valence-electron chi connectivity index (χ0n) is 17.3. The van der Waals surface area contributed by atoms with Crippen LogP contribution in [0.25, 0.3) is 5.69 Å². The van der Waals surface area contributed by atoms with Gasteiger partial charge in [-0.25, -0.2) is 0 Å². The summed E-state index contributed by atoms with van der Waals surface area (Å²) < 4.78 is 7.74. The fourth-order valence-corrected chi connectivity index (χ4v) is 4.82. The van der Waals surface area contributed by atoms with E-state index in [1.165, 1.54) is 12.8 Å². The lowest BCUT2D eigenvalue weighted by atomic mass is 10.1. The van der Waals surface area contributed by atoms with Gasteiger partial charge >= 0.3 is 0 Å². The van der Waals surface area contributed by atoms with Crippen LogP contribution in [0.2, 0.25) is 0 Å². The number of pyridine rings is 1. The summed E-state index contributed by atoms with van der Waals surface area (Å²) in [4.78, 5) is 7.08. The highest BCUT2D eigenvalue weighted by Crippen LogP contribution is 2.30. The quantitative estimate of drug-likeness (QED) is 0.546. The number of para-hydroxylation sites is 1. The first kappa shape index (κ1) is 19.9. The number of hydrogen-bond acceptors (Lipinski definition) is 6. The highest BCUT2D eigenvalue weighted by molar-refractivity contribution is 7.98. The van der Waals surface area contributed by atoms with Gasteiger partial charge in [-0.15, -0.1) is 10.2 Å². The zero-order chi connectivity index (χ0) is 20.2. The average molecular weight is 410 g/mol. The summed E-state index contributed by atoms with van der Waals surface area (Å²) >= 11 is 1.67. The van der Waals surface area contributed by atoms with Gasteiger partial charge in [0.15, 0.2) is 11.0 Å². The topological polar surface area (TPSA) is 56.1 Å². The van der Waals surface area contributed by atoms with Gasteiger partial charge in [0.25, 0.3) is 0 Å². The highest BCUT2D eigenvalue weighted by Gasteiger charge is 2.20. The Morgan fingerprint density at radius 2 is 1.83 bits per heavy atom. The van der Waals surface area contributed by atoms with Crippen molar-refractivity contribution in [2.75, 3.05) is 20.2 Å². The third-order valence-corrected chi connectivity index (χ3v) is 6.31. The number of aryl methyl sites for hydroxylation is 1. The van der Waals surface area contributed by atoms with Gasteiger partial charge in [-0.2, -0.15) is 0 Å². The molecule has 3 aromatic rings. The maximum absolute atomic E-state index is 5.55. The summed E-state index contributed by atoms with van der Waals surface area (Å²) in [5.41, 5.74) is 4.25. The van der Waals surface area contributed by atoms with E-state index >= 15 is 0 Å². The standard InChI is InChI=1S/C22H27N5OS/c1-16-13-23-19(17(2)21(16)28-3)15-29-22-25-24-20(14-26-11-7-8-12-26)27(22)18-9-5-4-6-10-18/h4-6,9-10,13H,7-8,11-12,14-15H2,1-3H3. The van der Waals surface area contributed by atoms with Crippen molar-refractivity contribution < 1.29 is 4.74 Å². The number of likely N-dealkylation sites (tertiary alicyclic amines) is 1. The minimum absolute atomic E-state index is 0.719. The SMILES string of the molecule is COc1c(C)cnc(CSc2nnc(CN3CCCC3)n2-c2ccccc2)c1C. The van der Waals surface area contributed by atoms with Gasteiger partial charge in [-0.1, -0.05) is 30.0 Å². The summed E-state index contributed by atoms with van der Waals surface area (Å²) in [5, 5.41) is 9.97. The number of ether oxygens (including phenoxy) is 1. The molecule has 152 valence electrons. The third-order valence-electron chi connectivity index (χ3n) is 5.37. The van der Waals surface area contributed by atoms with E-state index in [-0.39, 0.29) is 0 Å². The largest absolute Gasteiger partial charge is 0.496 e. The van der Waals surface area contributed by atoms with Crippen LogP contribution in [0.3, 0.4) is 0 Å². The van der Waals surface area contributed by atoms with Gasteiger partial charge in [-0.3, -0.25) is 14.5 Å². The van der Waals surface area contributed by atoms with Crippen LogP contribution in [-0.4, -0.2) is 44.8 Å². The maximum atomic E-state index is 5.55. The average Bonchev–Trinajstić information content (AvgIpc) is 3.39. The van der Waals surface area contributed by atoms with Crippen molar-refractivity contribution in [3.63, 3.8) is 0 Å². The van der Waals surface area contributed by atoms with E-state index in [0.29, 0.717) is 0 Å². The van der Waals surface area contributed by atoms with Gasteiger partial charge in [0.05, 0.1) is 19.3 Å². The number of hydrogen-bond donors (Lipinski definition) is 0. The summed E-state index contributed by atoms with van der Waals surface area (Å²) in [5.74, 6) is 2.62. The van der Waals surface area contributed by atoms with Crippen LogP contribution < -0.4 is 4.74 Å². The molecule has 0 aliphatic carbocycles. The Morgan fingerprint density at radius 3 is 2.55 bits per heavy atom. The van der Waals surface area contributed by atoms with E-state index in [1.54, 1.807) is 18.9 Å². The number of benzene rings is 1. The first-order valence-corrected chi connectivity index (χ1v) is 11.0. The smallest absolute Gasteiger partial charge is 0.196 e. The molecule has 0 atom stereocenters. The number of thioether (sulfide) groups is 1. The van der Waals surface area contributed by atoms with E-state index in [1.807, 2.05) is 19.2 Å². The molecule has 0 amide bonds. The Balaban J connectivity index is 1.61. The molecule has 2 aromatic heterocycles. The lowest BCUT2D eigenvalue weighted by Crippen LogP contribution is -2.21. The van der Waals surface area contributed by atoms with E-state index in [0.717, 1.165) is 64.6 Å². The Labute approximate surface area is 176 Å². The number of rotatable bonds is 7. The van der Waals surface area contributed by atoms with Crippen LogP contribution in [0.15, 0.2) is 41.7 Å². The van der Waals surface area contributed by atoms with Gasteiger partial charge in [0.2, 0.25) is 0 Å². The van der Waals surface area contributed by atoms with Crippen LogP contribution >= 0.6 is 11.8 Å². The minimum Gasteiger partial charge on any atom is -0.496 e. The molecule has 7 heteroatoms. The van der Waals surface area contributed by atoms with Crippen LogP contribution in [0, 0.1) is 13.8 Å².